The number of nitrogens with one attached hydrogen (secondary N) is 1. The molecule has 0 spiro atoms. The van der Waals surface area contributed by atoms with E-state index < -0.39 is 5.82 Å². The second-order valence-corrected chi connectivity index (χ2v) is 4.94. The number of hydrogen-bond acceptors (Lipinski definition) is 2. The molecule has 3 nitrogen and oxygen atoms in total. The predicted molar refractivity (Wildman–Crippen MR) is 62.5 cm³/mol. The van der Waals surface area contributed by atoms with Gasteiger partial charge in [-0.25, -0.2) is 4.39 Å². The Morgan fingerprint density at radius 3 is 2.71 bits per heavy atom. The third-order valence-corrected chi connectivity index (χ3v) is 3.26. The van der Waals surface area contributed by atoms with E-state index in [2.05, 4.69) is 5.32 Å². The van der Waals surface area contributed by atoms with Gasteiger partial charge in [0.05, 0.1) is 6.61 Å². The van der Waals surface area contributed by atoms with E-state index in [1.165, 1.54) is 6.07 Å². The minimum atomic E-state index is -0.536. The van der Waals surface area contributed by atoms with Gasteiger partial charge in [0.2, 0.25) is 0 Å². The van der Waals surface area contributed by atoms with Crippen molar-refractivity contribution in [2.75, 3.05) is 13.2 Å². The molecule has 2 N–H and O–H groups in total. The molecule has 92 valence electrons. The summed E-state index contributed by atoms with van der Waals surface area (Å²) in [6.07, 6.45) is 1.82. The van der Waals surface area contributed by atoms with E-state index in [1.54, 1.807) is 0 Å². The van der Waals surface area contributed by atoms with E-state index in [9.17, 15) is 9.18 Å². The number of aliphatic hydroxyl groups is 1. The maximum Gasteiger partial charge on any atom is 0.251 e. The Labute approximate surface area is 104 Å². The van der Waals surface area contributed by atoms with Gasteiger partial charge in [0.15, 0.2) is 0 Å². The van der Waals surface area contributed by atoms with E-state index in [0.29, 0.717) is 6.54 Å². The summed E-state index contributed by atoms with van der Waals surface area (Å²) in [5.41, 5.74) is 0.0380. The zero-order chi connectivity index (χ0) is 12.5. The highest BCUT2D eigenvalue weighted by molar-refractivity contribution is 6.31. The lowest BCUT2D eigenvalue weighted by molar-refractivity contribution is 0.0934. The van der Waals surface area contributed by atoms with Crippen molar-refractivity contribution in [2.45, 2.75) is 12.8 Å². The molecule has 0 aliphatic heterocycles. The van der Waals surface area contributed by atoms with Crippen molar-refractivity contribution in [1.82, 2.24) is 5.32 Å². The molecule has 1 aromatic rings. The molecule has 0 aromatic heterocycles. The number of aliphatic hydroxyl groups excluding tert-OH is 1. The summed E-state index contributed by atoms with van der Waals surface area (Å²) >= 11 is 5.66. The van der Waals surface area contributed by atoms with Crippen molar-refractivity contribution in [2.24, 2.45) is 5.41 Å². The van der Waals surface area contributed by atoms with Crippen LogP contribution < -0.4 is 5.32 Å². The Morgan fingerprint density at radius 1 is 1.47 bits per heavy atom. The Balaban J connectivity index is 1.99. The highest BCUT2D eigenvalue weighted by Crippen LogP contribution is 2.44. The summed E-state index contributed by atoms with van der Waals surface area (Å²) in [5.74, 6) is -0.905. The highest BCUT2D eigenvalue weighted by Gasteiger charge is 2.42. The maximum absolute atomic E-state index is 13.0. The Hall–Kier alpha value is -1.13. The molecule has 1 aliphatic carbocycles. The fourth-order valence-corrected chi connectivity index (χ4v) is 1.84. The number of carbonyl (C=O) groups is 1. The molecule has 1 aliphatic rings. The number of carbonyl (C=O) groups excluding carboxylic acids is 1. The van der Waals surface area contributed by atoms with Crippen molar-refractivity contribution in [3.05, 3.63) is 34.6 Å². The maximum atomic E-state index is 13.0. The Kier molecular flexibility index (Phi) is 3.35. The molecular weight excluding hydrogens is 245 g/mol. The third kappa shape index (κ3) is 2.96. The van der Waals surface area contributed by atoms with Gasteiger partial charge >= 0.3 is 0 Å². The molecule has 0 bridgehead atoms. The lowest BCUT2D eigenvalue weighted by Crippen LogP contribution is -2.31. The first kappa shape index (κ1) is 12.3. The average Bonchev–Trinajstić information content (AvgIpc) is 3.05. The minimum absolute atomic E-state index is 0.0667. The summed E-state index contributed by atoms with van der Waals surface area (Å²) in [4.78, 5) is 11.7. The van der Waals surface area contributed by atoms with Crippen LogP contribution in [0.25, 0.3) is 0 Å². The molecule has 0 radical (unpaired) electrons. The molecule has 0 heterocycles. The van der Waals surface area contributed by atoms with Gasteiger partial charge in [0, 0.05) is 22.5 Å². The van der Waals surface area contributed by atoms with E-state index in [-0.39, 0.29) is 28.5 Å². The molecule has 0 saturated heterocycles. The van der Waals surface area contributed by atoms with Crippen molar-refractivity contribution in [3.8, 4) is 0 Å². The van der Waals surface area contributed by atoms with Crippen molar-refractivity contribution < 1.29 is 14.3 Å². The molecule has 5 heteroatoms. The summed E-state index contributed by atoms with van der Waals surface area (Å²) in [5, 5.41) is 12.0. The fraction of sp³-hybridized carbons (Fsp3) is 0.417. The van der Waals surface area contributed by atoms with Crippen LogP contribution in [-0.4, -0.2) is 24.2 Å². The molecule has 2 rings (SSSR count). The van der Waals surface area contributed by atoms with Gasteiger partial charge in [0.25, 0.3) is 5.91 Å². The van der Waals surface area contributed by atoms with Crippen LogP contribution in [0, 0.1) is 11.2 Å². The average molecular weight is 258 g/mol. The predicted octanol–water partition coefficient (Wildman–Crippen LogP) is 1.98. The number of amides is 1. The number of benzene rings is 1. The summed E-state index contributed by atoms with van der Waals surface area (Å²) < 4.78 is 13.0. The number of halogens is 2. The molecular formula is C12H13ClFNO2. The van der Waals surface area contributed by atoms with Gasteiger partial charge in [-0.05, 0) is 31.0 Å². The molecule has 0 unspecified atom stereocenters. The van der Waals surface area contributed by atoms with Gasteiger partial charge in [-0.2, -0.15) is 0 Å². The van der Waals surface area contributed by atoms with Gasteiger partial charge in [0.1, 0.15) is 5.82 Å². The standard InChI is InChI=1S/C12H13ClFNO2/c13-9-3-8(4-10(14)5-9)11(17)15-6-12(7-16)1-2-12/h3-5,16H,1-2,6-7H2,(H,15,17). The number of hydrogen-bond donors (Lipinski definition) is 2. The highest BCUT2D eigenvalue weighted by atomic mass is 35.5. The lowest BCUT2D eigenvalue weighted by Gasteiger charge is -2.12. The topological polar surface area (TPSA) is 49.3 Å². The molecule has 1 saturated carbocycles. The van der Waals surface area contributed by atoms with Crippen LogP contribution in [0.15, 0.2) is 18.2 Å². The molecule has 17 heavy (non-hydrogen) atoms. The smallest absolute Gasteiger partial charge is 0.251 e. The summed E-state index contributed by atoms with van der Waals surface area (Å²) in [6, 6.07) is 3.70. The van der Waals surface area contributed by atoms with E-state index in [1.807, 2.05) is 0 Å². The van der Waals surface area contributed by atoms with Crippen LogP contribution in [0.5, 0.6) is 0 Å². The summed E-state index contributed by atoms with van der Waals surface area (Å²) in [6.45, 7) is 0.480. The van der Waals surface area contributed by atoms with Crippen LogP contribution >= 0.6 is 11.6 Å². The first-order valence-electron chi connectivity index (χ1n) is 5.40. The van der Waals surface area contributed by atoms with E-state index in [4.69, 9.17) is 16.7 Å². The zero-order valence-electron chi connectivity index (χ0n) is 9.17. The van der Waals surface area contributed by atoms with Crippen LogP contribution in [0.2, 0.25) is 5.02 Å². The zero-order valence-corrected chi connectivity index (χ0v) is 9.93. The van der Waals surface area contributed by atoms with E-state index in [0.717, 1.165) is 25.0 Å². The molecule has 1 amide bonds. The first-order valence-corrected chi connectivity index (χ1v) is 5.78. The van der Waals surface area contributed by atoms with E-state index >= 15 is 0 Å². The second-order valence-electron chi connectivity index (χ2n) is 4.50. The Morgan fingerprint density at radius 2 is 2.18 bits per heavy atom. The minimum Gasteiger partial charge on any atom is -0.396 e. The molecule has 1 aromatic carbocycles. The second kappa shape index (κ2) is 4.63. The quantitative estimate of drug-likeness (QED) is 0.867. The first-order chi connectivity index (χ1) is 8.04. The van der Waals surface area contributed by atoms with Crippen LogP contribution in [0.1, 0.15) is 23.2 Å². The van der Waals surface area contributed by atoms with Crippen molar-refractivity contribution in [1.29, 1.82) is 0 Å². The van der Waals surface area contributed by atoms with Gasteiger partial charge < -0.3 is 10.4 Å². The van der Waals surface area contributed by atoms with Crippen LogP contribution in [-0.2, 0) is 0 Å². The number of rotatable bonds is 4. The van der Waals surface area contributed by atoms with Gasteiger partial charge in [-0.15, -0.1) is 0 Å². The molecule has 1 fully saturated rings. The largest absolute Gasteiger partial charge is 0.396 e. The fourth-order valence-electron chi connectivity index (χ4n) is 1.62. The monoisotopic (exact) mass is 257 g/mol. The third-order valence-electron chi connectivity index (χ3n) is 3.04. The van der Waals surface area contributed by atoms with Crippen molar-refractivity contribution >= 4 is 17.5 Å². The Bertz CT molecular complexity index is 426. The van der Waals surface area contributed by atoms with Gasteiger partial charge in [-0.1, -0.05) is 11.6 Å². The van der Waals surface area contributed by atoms with Crippen molar-refractivity contribution in [3.63, 3.8) is 0 Å². The summed E-state index contributed by atoms with van der Waals surface area (Å²) in [7, 11) is 0. The normalized spacial score (nSPS) is 16.6. The van der Waals surface area contributed by atoms with Gasteiger partial charge in [-0.3, -0.25) is 4.79 Å². The SMILES string of the molecule is O=C(NCC1(CO)CC1)c1cc(F)cc(Cl)c1. The van der Waals surface area contributed by atoms with Crippen LogP contribution in [0.4, 0.5) is 4.39 Å². The van der Waals surface area contributed by atoms with Crippen LogP contribution in [0.3, 0.4) is 0 Å². The lowest BCUT2D eigenvalue weighted by atomic mass is 10.1. The molecule has 0 atom stereocenters.